The lowest BCUT2D eigenvalue weighted by Crippen LogP contribution is -2.68. The molecule has 5 aliphatic rings. The lowest BCUT2D eigenvalue weighted by molar-refractivity contribution is -0.143. The van der Waals surface area contributed by atoms with Crippen molar-refractivity contribution in [3.05, 3.63) is 29.8 Å². The summed E-state index contributed by atoms with van der Waals surface area (Å²) in [6.45, 7) is 1.86. The fourth-order valence-corrected chi connectivity index (χ4v) is 6.15. The molecule has 2 aliphatic heterocycles. The largest absolute Gasteiger partial charge is 0.362 e. The molecule has 2 bridgehead atoms. The van der Waals surface area contributed by atoms with Crippen molar-refractivity contribution < 1.29 is 9.59 Å². The van der Waals surface area contributed by atoms with Gasteiger partial charge in [0.1, 0.15) is 5.66 Å². The zero-order chi connectivity index (χ0) is 19.1. The summed E-state index contributed by atoms with van der Waals surface area (Å²) in [6, 6.07) is 7.76. The molecule has 3 aliphatic carbocycles. The molecular weight excluding hydrogens is 350 g/mol. The van der Waals surface area contributed by atoms with E-state index < -0.39 is 0 Å². The molecule has 1 aromatic rings. The molecule has 3 saturated carbocycles. The Morgan fingerprint density at radius 3 is 2.50 bits per heavy atom. The molecule has 1 saturated heterocycles. The second-order valence-corrected chi connectivity index (χ2v) is 9.27. The van der Waals surface area contributed by atoms with Gasteiger partial charge in [-0.2, -0.15) is 0 Å². The fraction of sp³-hybridized carbons (Fsp3) is 0.652. The van der Waals surface area contributed by atoms with Crippen LogP contribution in [-0.4, -0.2) is 35.5 Å². The number of nitrogens with zero attached hydrogens (tertiary/aromatic N) is 1. The van der Waals surface area contributed by atoms with E-state index in [2.05, 4.69) is 15.5 Å². The quantitative estimate of drug-likeness (QED) is 0.778. The standard InChI is InChI=1S/C23H31N3O2/c27-21-18-8-4-5-9-20(18)24-23(25-21)15-16-10-11-17(23)14-19(16)22(28)26-12-6-2-1-3-7-13-26/h4-5,8-9,16-17,19,24H,1-3,6-7,10-15H2,(H,25,27)/t16-,17+,19-,23-/m1/s1. The Kier molecular flexibility index (Phi) is 4.56. The number of hydrogen-bond acceptors (Lipinski definition) is 3. The number of amides is 2. The van der Waals surface area contributed by atoms with Crippen molar-refractivity contribution in [2.24, 2.45) is 17.8 Å². The van der Waals surface area contributed by atoms with Crippen LogP contribution in [0.2, 0.25) is 0 Å². The molecule has 0 radical (unpaired) electrons. The van der Waals surface area contributed by atoms with Gasteiger partial charge in [-0.05, 0) is 56.6 Å². The molecule has 6 rings (SSSR count). The maximum atomic E-state index is 13.4. The Labute approximate surface area is 167 Å². The van der Waals surface area contributed by atoms with E-state index in [9.17, 15) is 9.59 Å². The zero-order valence-electron chi connectivity index (χ0n) is 16.6. The molecule has 0 aromatic heterocycles. The number of hydrogen-bond donors (Lipinski definition) is 2. The summed E-state index contributed by atoms with van der Waals surface area (Å²) in [7, 11) is 0. The Morgan fingerprint density at radius 2 is 1.75 bits per heavy atom. The van der Waals surface area contributed by atoms with Crippen LogP contribution < -0.4 is 10.6 Å². The first-order chi connectivity index (χ1) is 13.7. The van der Waals surface area contributed by atoms with Crippen LogP contribution in [0.25, 0.3) is 0 Å². The van der Waals surface area contributed by atoms with Gasteiger partial charge in [0.25, 0.3) is 5.91 Å². The molecule has 2 heterocycles. The van der Waals surface area contributed by atoms with Gasteiger partial charge in [0, 0.05) is 30.6 Å². The van der Waals surface area contributed by atoms with E-state index in [-0.39, 0.29) is 17.5 Å². The average Bonchev–Trinajstić information content (AvgIpc) is 2.67. The van der Waals surface area contributed by atoms with Crippen molar-refractivity contribution in [1.29, 1.82) is 0 Å². The summed E-state index contributed by atoms with van der Waals surface area (Å²) >= 11 is 0. The summed E-state index contributed by atoms with van der Waals surface area (Å²) in [5.74, 6) is 1.22. The molecule has 5 heteroatoms. The topological polar surface area (TPSA) is 61.4 Å². The van der Waals surface area contributed by atoms with Crippen molar-refractivity contribution in [3.63, 3.8) is 0 Å². The number of rotatable bonds is 1. The van der Waals surface area contributed by atoms with E-state index in [4.69, 9.17) is 0 Å². The van der Waals surface area contributed by atoms with Crippen molar-refractivity contribution in [2.75, 3.05) is 18.4 Å². The van der Waals surface area contributed by atoms with Crippen LogP contribution in [0.1, 0.15) is 68.1 Å². The van der Waals surface area contributed by atoms with E-state index in [1.54, 1.807) is 0 Å². The van der Waals surface area contributed by atoms with Gasteiger partial charge in [-0.1, -0.05) is 31.4 Å². The van der Waals surface area contributed by atoms with Gasteiger partial charge in [-0.25, -0.2) is 0 Å². The number of carbonyl (C=O) groups excluding carboxylic acids is 2. The minimum Gasteiger partial charge on any atom is -0.362 e. The highest BCUT2D eigenvalue weighted by Gasteiger charge is 2.55. The second-order valence-electron chi connectivity index (χ2n) is 9.27. The lowest BCUT2D eigenvalue weighted by Gasteiger charge is -2.56. The number of likely N-dealkylation sites (tertiary alicyclic amines) is 1. The first kappa shape index (κ1) is 18.0. The Bertz CT molecular complexity index is 771. The fourth-order valence-electron chi connectivity index (χ4n) is 6.15. The second kappa shape index (κ2) is 7.09. The summed E-state index contributed by atoms with van der Waals surface area (Å²) in [5.41, 5.74) is 1.29. The predicted octanol–water partition coefficient (Wildman–Crippen LogP) is 3.77. The summed E-state index contributed by atoms with van der Waals surface area (Å²) in [6.07, 6.45) is 10.1. The molecule has 2 N–H and O–H groups in total. The summed E-state index contributed by atoms with van der Waals surface area (Å²) < 4.78 is 0. The van der Waals surface area contributed by atoms with Gasteiger partial charge in [0.2, 0.25) is 5.91 Å². The number of fused-ring (bicyclic) bond motifs is 3. The van der Waals surface area contributed by atoms with E-state index in [1.807, 2.05) is 24.3 Å². The maximum Gasteiger partial charge on any atom is 0.255 e. The van der Waals surface area contributed by atoms with Crippen molar-refractivity contribution in [1.82, 2.24) is 10.2 Å². The summed E-state index contributed by atoms with van der Waals surface area (Å²) in [5, 5.41) is 6.98. The highest BCUT2D eigenvalue weighted by molar-refractivity contribution is 6.02. The first-order valence-corrected chi connectivity index (χ1v) is 11.1. The third-order valence-electron chi connectivity index (χ3n) is 7.63. The number of para-hydroxylation sites is 1. The summed E-state index contributed by atoms with van der Waals surface area (Å²) in [4.78, 5) is 28.3. The van der Waals surface area contributed by atoms with E-state index in [0.717, 1.165) is 62.9 Å². The molecule has 28 heavy (non-hydrogen) atoms. The third-order valence-corrected chi connectivity index (χ3v) is 7.63. The molecule has 4 atom stereocenters. The van der Waals surface area contributed by atoms with E-state index >= 15 is 0 Å². The molecular formula is C23H31N3O2. The van der Waals surface area contributed by atoms with Gasteiger partial charge in [0.15, 0.2) is 0 Å². The molecule has 2 amide bonds. The van der Waals surface area contributed by atoms with Crippen LogP contribution in [0.3, 0.4) is 0 Å². The molecule has 0 unspecified atom stereocenters. The van der Waals surface area contributed by atoms with Crippen LogP contribution in [0.5, 0.6) is 0 Å². The van der Waals surface area contributed by atoms with Crippen molar-refractivity contribution in [3.8, 4) is 0 Å². The number of nitrogens with one attached hydrogen (secondary N) is 2. The Hall–Kier alpha value is -2.04. The number of carbonyl (C=O) groups is 2. The molecule has 1 aromatic carbocycles. The number of benzene rings is 1. The Morgan fingerprint density at radius 1 is 1.00 bits per heavy atom. The first-order valence-electron chi connectivity index (χ1n) is 11.1. The minimum absolute atomic E-state index is 0.0218. The van der Waals surface area contributed by atoms with Crippen molar-refractivity contribution >= 4 is 17.5 Å². The van der Waals surface area contributed by atoms with Gasteiger partial charge in [0.05, 0.1) is 5.56 Å². The van der Waals surface area contributed by atoms with Gasteiger partial charge in [-0.15, -0.1) is 0 Å². The van der Waals surface area contributed by atoms with E-state index in [0.29, 0.717) is 17.7 Å². The highest BCUT2D eigenvalue weighted by Crippen LogP contribution is 2.52. The SMILES string of the molecule is O=C1N[C@@]2(C[C@H]3CC[C@H]2C[C@H]3C(=O)N2CCCCCCC2)Nc2ccccc21. The molecule has 5 nitrogen and oxygen atoms in total. The lowest BCUT2D eigenvalue weighted by atomic mass is 9.58. The van der Waals surface area contributed by atoms with Crippen molar-refractivity contribution in [2.45, 2.75) is 63.5 Å². The van der Waals surface area contributed by atoms with Crippen LogP contribution in [0.4, 0.5) is 5.69 Å². The molecule has 1 spiro atoms. The van der Waals surface area contributed by atoms with Gasteiger partial charge >= 0.3 is 0 Å². The normalized spacial score (nSPS) is 34.8. The average molecular weight is 382 g/mol. The molecule has 4 fully saturated rings. The van der Waals surface area contributed by atoms with Crippen LogP contribution in [0.15, 0.2) is 24.3 Å². The number of anilines is 1. The monoisotopic (exact) mass is 381 g/mol. The smallest absolute Gasteiger partial charge is 0.255 e. The minimum atomic E-state index is -0.374. The van der Waals surface area contributed by atoms with E-state index in [1.165, 1.54) is 19.3 Å². The van der Waals surface area contributed by atoms with Gasteiger partial charge < -0.3 is 15.5 Å². The van der Waals surface area contributed by atoms with Crippen LogP contribution in [-0.2, 0) is 4.79 Å². The molecule has 150 valence electrons. The predicted molar refractivity (Wildman–Crippen MR) is 109 cm³/mol. The van der Waals surface area contributed by atoms with Crippen LogP contribution in [0, 0.1) is 17.8 Å². The Balaban J connectivity index is 1.34. The maximum absolute atomic E-state index is 13.4. The third kappa shape index (κ3) is 2.99. The zero-order valence-corrected chi connectivity index (χ0v) is 16.6. The van der Waals surface area contributed by atoms with Crippen LogP contribution >= 0.6 is 0 Å². The van der Waals surface area contributed by atoms with Gasteiger partial charge in [-0.3, -0.25) is 9.59 Å². The highest BCUT2D eigenvalue weighted by atomic mass is 16.2.